The van der Waals surface area contributed by atoms with Gasteiger partial charge in [0.1, 0.15) is 5.75 Å². The molecular weight excluding hydrogens is 398 g/mol. The number of amides is 1. The van der Waals surface area contributed by atoms with Crippen LogP contribution in [-0.2, 0) is 14.3 Å². The maximum Gasteiger partial charge on any atom is 0.337 e. The molecule has 0 spiro atoms. The minimum atomic E-state index is -0.836. The average Bonchev–Trinajstić information content (AvgIpc) is 3.03. The molecule has 0 bridgehead atoms. The van der Waals surface area contributed by atoms with Gasteiger partial charge in [0.05, 0.1) is 31.4 Å². The van der Waals surface area contributed by atoms with E-state index in [4.69, 9.17) is 9.47 Å². The first kappa shape index (κ1) is 22.1. The third-order valence-electron chi connectivity index (χ3n) is 5.08. The molecule has 0 saturated carbocycles. The Labute approximate surface area is 180 Å². The Hall–Kier alpha value is -3.61. The van der Waals surface area contributed by atoms with Gasteiger partial charge in [-0.15, -0.1) is 0 Å². The molecule has 0 saturated heterocycles. The summed E-state index contributed by atoms with van der Waals surface area (Å²) in [6.45, 7) is 3.79. The third-order valence-corrected chi connectivity index (χ3v) is 5.08. The van der Waals surface area contributed by atoms with E-state index in [9.17, 15) is 19.5 Å². The van der Waals surface area contributed by atoms with Gasteiger partial charge >= 0.3 is 5.97 Å². The van der Waals surface area contributed by atoms with E-state index in [1.165, 1.54) is 18.1 Å². The topological polar surface area (TPSA) is 93.1 Å². The summed E-state index contributed by atoms with van der Waals surface area (Å²) in [5, 5.41) is 10.7. The van der Waals surface area contributed by atoms with Crippen LogP contribution < -0.4 is 9.64 Å². The van der Waals surface area contributed by atoms with Gasteiger partial charge in [-0.1, -0.05) is 32.0 Å². The van der Waals surface area contributed by atoms with Gasteiger partial charge < -0.3 is 14.6 Å². The Morgan fingerprint density at radius 1 is 1.10 bits per heavy atom. The van der Waals surface area contributed by atoms with Crippen LogP contribution in [0.3, 0.4) is 0 Å². The molecule has 7 heteroatoms. The molecule has 7 nitrogen and oxygen atoms in total. The summed E-state index contributed by atoms with van der Waals surface area (Å²) in [5.74, 6) is -1.45. The summed E-state index contributed by atoms with van der Waals surface area (Å²) in [7, 11) is 2.81. The standard InChI is InChI=1S/C24H25NO6/c1-14(2)12-19(26)20-21(15-8-10-18(30-3)11-9-15)25(23(28)22(20)27)17-7-5-6-16(13-17)24(29)31-4/h5-11,13-14,21,27H,12H2,1-4H3. The number of esters is 1. The fraction of sp³-hybridized carbons (Fsp3) is 0.292. The van der Waals surface area contributed by atoms with Crippen LogP contribution in [0, 0.1) is 5.92 Å². The summed E-state index contributed by atoms with van der Waals surface area (Å²) in [6, 6.07) is 12.4. The Bertz CT molecular complexity index is 1040. The second-order valence-electron chi connectivity index (χ2n) is 7.68. The first-order chi connectivity index (χ1) is 14.8. The number of carbonyl (C=O) groups excluding carboxylic acids is 3. The lowest BCUT2D eigenvalue weighted by atomic mass is 9.92. The number of ketones is 1. The van der Waals surface area contributed by atoms with E-state index in [0.29, 0.717) is 17.0 Å². The van der Waals surface area contributed by atoms with Crippen molar-refractivity contribution in [2.45, 2.75) is 26.3 Å². The zero-order valence-corrected chi connectivity index (χ0v) is 17.9. The van der Waals surface area contributed by atoms with Gasteiger partial charge in [-0.05, 0) is 41.8 Å². The zero-order chi connectivity index (χ0) is 22.7. The van der Waals surface area contributed by atoms with Crippen molar-refractivity contribution in [2.24, 2.45) is 5.92 Å². The molecule has 1 amide bonds. The number of ether oxygens (including phenoxy) is 2. The number of benzene rings is 2. The van der Waals surface area contributed by atoms with Crippen LogP contribution in [-0.4, -0.2) is 37.0 Å². The van der Waals surface area contributed by atoms with Crippen molar-refractivity contribution in [2.75, 3.05) is 19.1 Å². The van der Waals surface area contributed by atoms with Crippen molar-refractivity contribution in [1.29, 1.82) is 0 Å². The monoisotopic (exact) mass is 423 g/mol. The summed E-state index contributed by atoms with van der Waals surface area (Å²) < 4.78 is 9.98. The number of nitrogens with zero attached hydrogens (tertiary/aromatic N) is 1. The van der Waals surface area contributed by atoms with Crippen molar-refractivity contribution in [3.05, 3.63) is 71.0 Å². The molecule has 1 aliphatic rings. The molecule has 1 heterocycles. The second kappa shape index (κ2) is 9.04. The zero-order valence-electron chi connectivity index (χ0n) is 17.9. The highest BCUT2D eigenvalue weighted by molar-refractivity contribution is 6.16. The van der Waals surface area contributed by atoms with Gasteiger partial charge in [0, 0.05) is 12.1 Å². The van der Waals surface area contributed by atoms with Gasteiger partial charge in [-0.3, -0.25) is 14.5 Å². The molecule has 2 aromatic carbocycles. The van der Waals surface area contributed by atoms with Crippen LogP contribution in [0.4, 0.5) is 5.69 Å². The van der Waals surface area contributed by atoms with Gasteiger partial charge in [-0.25, -0.2) is 4.79 Å². The molecular formula is C24H25NO6. The Morgan fingerprint density at radius 2 is 1.77 bits per heavy atom. The van der Waals surface area contributed by atoms with E-state index in [1.807, 2.05) is 13.8 Å². The predicted molar refractivity (Wildman–Crippen MR) is 115 cm³/mol. The molecule has 1 unspecified atom stereocenters. The second-order valence-corrected chi connectivity index (χ2v) is 7.68. The van der Waals surface area contributed by atoms with Crippen LogP contribution >= 0.6 is 0 Å². The molecule has 1 N–H and O–H groups in total. The molecule has 1 aliphatic heterocycles. The number of aliphatic hydroxyl groups excluding tert-OH is 1. The number of hydrogen-bond donors (Lipinski definition) is 1. The van der Waals surface area contributed by atoms with Crippen LogP contribution in [0.25, 0.3) is 0 Å². The molecule has 162 valence electrons. The molecule has 0 radical (unpaired) electrons. The SMILES string of the molecule is COC(=O)c1cccc(N2C(=O)C(O)=C(C(=O)CC(C)C)C2c2ccc(OC)cc2)c1. The lowest BCUT2D eigenvalue weighted by Gasteiger charge is -2.27. The fourth-order valence-corrected chi connectivity index (χ4v) is 3.64. The summed E-state index contributed by atoms with van der Waals surface area (Å²) in [4.78, 5) is 39.4. The van der Waals surface area contributed by atoms with Gasteiger partial charge in [0.15, 0.2) is 11.5 Å². The van der Waals surface area contributed by atoms with Gasteiger partial charge in [0.25, 0.3) is 5.91 Å². The Morgan fingerprint density at radius 3 is 2.35 bits per heavy atom. The largest absolute Gasteiger partial charge is 0.503 e. The number of hydrogen-bond acceptors (Lipinski definition) is 6. The first-order valence-corrected chi connectivity index (χ1v) is 9.90. The van der Waals surface area contributed by atoms with Crippen LogP contribution in [0.15, 0.2) is 59.9 Å². The van der Waals surface area contributed by atoms with E-state index < -0.39 is 23.7 Å². The molecule has 0 fully saturated rings. The lowest BCUT2D eigenvalue weighted by molar-refractivity contribution is -0.118. The average molecular weight is 423 g/mol. The van der Waals surface area contributed by atoms with E-state index in [0.717, 1.165) is 0 Å². The number of anilines is 1. The maximum absolute atomic E-state index is 13.1. The van der Waals surface area contributed by atoms with Crippen molar-refractivity contribution < 1.29 is 29.0 Å². The van der Waals surface area contributed by atoms with Crippen molar-refractivity contribution in [3.63, 3.8) is 0 Å². The van der Waals surface area contributed by atoms with E-state index in [-0.39, 0.29) is 29.3 Å². The highest BCUT2D eigenvalue weighted by Gasteiger charge is 2.44. The quantitative estimate of drug-likeness (QED) is 0.677. The maximum atomic E-state index is 13.1. The Balaban J connectivity index is 2.14. The summed E-state index contributed by atoms with van der Waals surface area (Å²) in [6.07, 6.45) is 0.190. The minimum Gasteiger partial charge on any atom is -0.503 e. The fourth-order valence-electron chi connectivity index (χ4n) is 3.64. The highest BCUT2D eigenvalue weighted by Crippen LogP contribution is 2.42. The molecule has 3 rings (SSSR count). The van der Waals surface area contributed by atoms with Crippen molar-refractivity contribution in [1.82, 2.24) is 0 Å². The smallest absolute Gasteiger partial charge is 0.337 e. The number of rotatable bonds is 7. The normalized spacial score (nSPS) is 16.1. The summed E-state index contributed by atoms with van der Waals surface area (Å²) >= 11 is 0. The van der Waals surface area contributed by atoms with Crippen LogP contribution in [0.2, 0.25) is 0 Å². The number of Topliss-reactive ketones (excluding diaryl/α,β-unsaturated/α-hetero) is 1. The Kier molecular flexibility index (Phi) is 6.44. The van der Waals surface area contributed by atoms with Crippen LogP contribution in [0.5, 0.6) is 5.75 Å². The van der Waals surface area contributed by atoms with E-state index in [1.54, 1.807) is 49.6 Å². The first-order valence-electron chi connectivity index (χ1n) is 9.90. The molecule has 31 heavy (non-hydrogen) atoms. The number of aliphatic hydroxyl groups is 1. The van der Waals surface area contributed by atoms with E-state index in [2.05, 4.69) is 0 Å². The van der Waals surface area contributed by atoms with Crippen molar-refractivity contribution >= 4 is 23.3 Å². The lowest BCUT2D eigenvalue weighted by Crippen LogP contribution is -2.31. The third kappa shape index (κ3) is 4.30. The van der Waals surface area contributed by atoms with E-state index >= 15 is 0 Å². The van der Waals surface area contributed by atoms with Crippen molar-refractivity contribution in [3.8, 4) is 5.75 Å². The predicted octanol–water partition coefficient (Wildman–Crippen LogP) is 4.00. The molecule has 0 aliphatic carbocycles. The summed E-state index contributed by atoms with van der Waals surface area (Å²) in [5.41, 5.74) is 1.30. The number of carbonyl (C=O) groups is 3. The molecule has 1 atom stereocenters. The minimum absolute atomic E-state index is 0.0485. The van der Waals surface area contributed by atoms with Crippen LogP contribution in [0.1, 0.15) is 42.2 Å². The highest BCUT2D eigenvalue weighted by atomic mass is 16.5. The molecule has 2 aromatic rings. The number of methoxy groups -OCH3 is 2. The van der Waals surface area contributed by atoms with Gasteiger partial charge in [-0.2, -0.15) is 0 Å². The van der Waals surface area contributed by atoms with Gasteiger partial charge in [0.2, 0.25) is 0 Å². The molecule has 0 aromatic heterocycles.